The summed E-state index contributed by atoms with van der Waals surface area (Å²) in [6.07, 6.45) is 23.0. The molecular formula is C50H42N2. The molecule has 5 aromatic rings. The van der Waals surface area contributed by atoms with Crippen molar-refractivity contribution in [2.45, 2.75) is 46.0 Å². The van der Waals surface area contributed by atoms with Crippen LogP contribution < -0.4 is 10.4 Å². The van der Waals surface area contributed by atoms with Crippen LogP contribution in [0.1, 0.15) is 51.5 Å². The molecule has 0 fully saturated rings. The average Bonchev–Trinajstić information content (AvgIpc) is 3.52. The third-order valence-corrected chi connectivity index (χ3v) is 11.0. The Morgan fingerprint density at radius 2 is 1.50 bits per heavy atom. The first-order chi connectivity index (χ1) is 25.5. The van der Waals surface area contributed by atoms with Crippen LogP contribution in [0.2, 0.25) is 0 Å². The van der Waals surface area contributed by atoms with E-state index in [2.05, 4.69) is 160 Å². The number of nitrogens with zero attached hydrogens (tertiary/aromatic N) is 2. The van der Waals surface area contributed by atoms with Crippen LogP contribution in [0.4, 0.5) is 0 Å². The van der Waals surface area contributed by atoms with Gasteiger partial charge in [-0.25, -0.2) is 9.98 Å². The molecule has 1 unspecified atom stereocenters. The summed E-state index contributed by atoms with van der Waals surface area (Å²) in [5.41, 5.74) is 15.3. The van der Waals surface area contributed by atoms with Gasteiger partial charge in [0.15, 0.2) is 5.84 Å². The summed E-state index contributed by atoms with van der Waals surface area (Å²) in [4.78, 5) is 10.1. The molecule has 5 aromatic carbocycles. The molecule has 4 aliphatic carbocycles. The predicted molar refractivity (Wildman–Crippen MR) is 223 cm³/mol. The normalized spacial score (nSPS) is 17.5. The van der Waals surface area contributed by atoms with E-state index in [-0.39, 0.29) is 0 Å². The summed E-state index contributed by atoms with van der Waals surface area (Å²) in [5, 5.41) is 5.32. The fourth-order valence-corrected chi connectivity index (χ4v) is 8.16. The lowest BCUT2D eigenvalue weighted by atomic mass is 9.89. The molecule has 0 saturated carbocycles. The number of benzene rings is 5. The molecule has 0 aromatic heterocycles. The van der Waals surface area contributed by atoms with Crippen molar-refractivity contribution in [2.24, 2.45) is 15.9 Å². The molecule has 0 heterocycles. The van der Waals surface area contributed by atoms with Crippen LogP contribution in [-0.2, 0) is 0 Å². The first kappa shape index (κ1) is 32.1. The summed E-state index contributed by atoms with van der Waals surface area (Å²) in [7, 11) is 0. The van der Waals surface area contributed by atoms with Crippen LogP contribution in [0.5, 0.6) is 0 Å². The molecule has 0 amide bonds. The quantitative estimate of drug-likeness (QED) is 0.124. The van der Waals surface area contributed by atoms with E-state index in [1.807, 2.05) is 0 Å². The van der Waals surface area contributed by atoms with Gasteiger partial charge in [-0.15, -0.1) is 0 Å². The second kappa shape index (κ2) is 13.4. The van der Waals surface area contributed by atoms with E-state index in [4.69, 9.17) is 9.98 Å². The van der Waals surface area contributed by atoms with Crippen molar-refractivity contribution in [2.75, 3.05) is 0 Å². The topological polar surface area (TPSA) is 24.7 Å². The molecule has 52 heavy (non-hydrogen) atoms. The van der Waals surface area contributed by atoms with Crippen LogP contribution in [-0.4, -0.2) is 11.5 Å². The van der Waals surface area contributed by atoms with Gasteiger partial charge in [0.05, 0.1) is 5.70 Å². The average molecular weight is 671 g/mol. The van der Waals surface area contributed by atoms with E-state index < -0.39 is 0 Å². The van der Waals surface area contributed by atoms with Crippen molar-refractivity contribution < 1.29 is 0 Å². The Labute approximate surface area is 306 Å². The molecule has 252 valence electrons. The Bertz CT molecular complexity index is 2610. The Kier molecular flexibility index (Phi) is 8.24. The second-order valence-corrected chi connectivity index (χ2v) is 14.5. The molecule has 1 atom stereocenters. The molecule has 0 spiro atoms. The highest BCUT2D eigenvalue weighted by molar-refractivity contribution is 6.16. The molecule has 0 bridgehead atoms. The standard InChI is InChI=1S/C50H42N2/c1-32-20-21-41-29-42(40-26-27-43-44-18-10-16-38-17-11-19-45(49(38)44)48(43)30-40)31-47(46(41)28-32)37-24-22-36(23-25-37)34(3)52-50(39-14-8-5-9-15-39)51-33(2)35-12-6-4-7-13-35/h5-6,8,10-14,16-19,21-32H,2,4,7,9,15,20H2,1,3H3. The Balaban J connectivity index is 1.09. The number of allylic oxidation sites excluding steroid dienone is 6. The Hall–Kier alpha value is -5.86. The Morgan fingerprint density at radius 1 is 0.712 bits per heavy atom. The van der Waals surface area contributed by atoms with Crippen molar-refractivity contribution in [1.29, 1.82) is 0 Å². The molecule has 0 aliphatic heterocycles. The van der Waals surface area contributed by atoms with Gasteiger partial charge in [0.2, 0.25) is 0 Å². The van der Waals surface area contributed by atoms with Gasteiger partial charge in [0, 0.05) is 5.71 Å². The maximum absolute atomic E-state index is 5.14. The molecule has 0 saturated heterocycles. The number of rotatable bonds is 6. The maximum Gasteiger partial charge on any atom is 0.155 e. The number of fused-ring (bicyclic) bond motifs is 4. The first-order valence-electron chi connectivity index (χ1n) is 18.7. The molecule has 9 rings (SSSR count). The number of aliphatic imine (C=N–C) groups is 2. The fraction of sp³-hybridized carbons (Fsp3) is 0.160. The lowest BCUT2D eigenvalue weighted by molar-refractivity contribution is 0.800. The lowest BCUT2D eigenvalue weighted by Gasteiger charge is -2.15. The van der Waals surface area contributed by atoms with E-state index in [9.17, 15) is 0 Å². The van der Waals surface area contributed by atoms with Crippen LogP contribution in [0.15, 0.2) is 161 Å². The van der Waals surface area contributed by atoms with E-state index >= 15 is 0 Å². The lowest BCUT2D eigenvalue weighted by Crippen LogP contribution is -2.30. The van der Waals surface area contributed by atoms with Gasteiger partial charge in [-0.3, -0.25) is 0 Å². The minimum atomic E-state index is 0.501. The van der Waals surface area contributed by atoms with Crippen LogP contribution in [0.3, 0.4) is 0 Å². The highest BCUT2D eigenvalue weighted by atomic mass is 14.9. The van der Waals surface area contributed by atoms with Gasteiger partial charge in [0.25, 0.3) is 0 Å². The van der Waals surface area contributed by atoms with Crippen molar-refractivity contribution in [3.63, 3.8) is 0 Å². The van der Waals surface area contributed by atoms with Crippen LogP contribution in [0.25, 0.3) is 67.4 Å². The second-order valence-electron chi connectivity index (χ2n) is 14.5. The third kappa shape index (κ3) is 5.89. The van der Waals surface area contributed by atoms with Gasteiger partial charge in [-0.1, -0.05) is 135 Å². The SMILES string of the molecule is C=C(N=C(N=C(C)c1ccc(-c2cc(-c3ccc4c(c3)-c3cccc5cccc-4c35)cc3c2=CC(C)CC=3)cc1)C1=CC=CCC1)C1=CCCC=C1. The number of hydrogen-bond acceptors (Lipinski definition) is 1. The summed E-state index contributed by atoms with van der Waals surface area (Å²) >= 11 is 0. The van der Waals surface area contributed by atoms with E-state index in [0.717, 1.165) is 66.1 Å². The van der Waals surface area contributed by atoms with Crippen molar-refractivity contribution in [3.8, 4) is 44.5 Å². The van der Waals surface area contributed by atoms with Gasteiger partial charge in [0.1, 0.15) is 0 Å². The number of amidine groups is 1. The summed E-state index contributed by atoms with van der Waals surface area (Å²) in [5.74, 6) is 1.26. The minimum absolute atomic E-state index is 0.501. The smallest absolute Gasteiger partial charge is 0.155 e. The maximum atomic E-state index is 5.14. The molecule has 0 radical (unpaired) electrons. The van der Waals surface area contributed by atoms with Crippen LogP contribution in [0, 0.1) is 5.92 Å². The van der Waals surface area contributed by atoms with Gasteiger partial charge in [-0.05, 0) is 146 Å². The monoisotopic (exact) mass is 670 g/mol. The van der Waals surface area contributed by atoms with Gasteiger partial charge < -0.3 is 0 Å². The van der Waals surface area contributed by atoms with E-state index in [0.29, 0.717) is 5.92 Å². The molecule has 4 aliphatic rings. The van der Waals surface area contributed by atoms with E-state index in [1.165, 1.54) is 65.7 Å². The summed E-state index contributed by atoms with van der Waals surface area (Å²) in [6, 6.07) is 34.1. The van der Waals surface area contributed by atoms with Crippen molar-refractivity contribution in [3.05, 3.63) is 167 Å². The molecule has 2 nitrogen and oxygen atoms in total. The Morgan fingerprint density at radius 3 is 2.27 bits per heavy atom. The summed E-state index contributed by atoms with van der Waals surface area (Å²) in [6.45, 7) is 8.72. The zero-order valence-electron chi connectivity index (χ0n) is 30.0. The first-order valence-corrected chi connectivity index (χ1v) is 18.7. The fourth-order valence-electron chi connectivity index (χ4n) is 8.16. The van der Waals surface area contributed by atoms with E-state index in [1.54, 1.807) is 0 Å². The van der Waals surface area contributed by atoms with Gasteiger partial charge >= 0.3 is 0 Å². The zero-order valence-corrected chi connectivity index (χ0v) is 30.0. The number of hydrogen-bond donors (Lipinski definition) is 0. The van der Waals surface area contributed by atoms with Crippen molar-refractivity contribution in [1.82, 2.24) is 0 Å². The van der Waals surface area contributed by atoms with Crippen LogP contribution >= 0.6 is 0 Å². The predicted octanol–water partition coefficient (Wildman–Crippen LogP) is 11.7. The molecule has 2 heteroatoms. The van der Waals surface area contributed by atoms with Crippen molar-refractivity contribution >= 4 is 34.5 Å². The molecule has 0 N–H and O–H groups in total. The van der Waals surface area contributed by atoms with Gasteiger partial charge in [-0.2, -0.15) is 0 Å². The largest absolute Gasteiger partial charge is 0.233 e. The third-order valence-electron chi connectivity index (χ3n) is 11.0. The summed E-state index contributed by atoms with van der Waals surface area (Å²) < 4.78 is 0. The minimum Gasteiger partial charge on any atom is -0.233 e. The zero-order chi connectivity index (χ0) is 35.2. The highest BCUT2D eigenvalue weighted by Gasteiger charge is 2.22. The highest BCUT2D eigenvalue weighted by Crippen LogP contribution is 2.48. The molecular weight excluding hydrogens is 629 g/mol.